The van der Waals surface area contributed by atoms with Crippen molar-refractivity contribution in [2.24, 2.45) is 5.92 Å². The number of ketones is 1. The molecule has 2 aliphatic rings. The van der Waals surface area contributed by atoms with E-state index in [0.717, 1.165) is 12.0 Å². The Hall–Kier alpha value is -1.72. The molecule has 2 heterocycles. The summed E-state index contributed by atoms with van der Waals surface area (Å²) in [5, 5.41) is 0. The molecular formula is C20H27NO4. The first-order chi connectivity index (χ1) is 11.9. The van der Waals surface area contributed by atoms with E-state index in [1.165, 1.54) is 0 Å². The zero-order chi connectivity index (χ0) is 18.0. The van der Waals surface area contributed by atoms with E-state index in [1.807, 2.05) is 49.9 Å². The Labute approximate surface area is 149 Å². The maximum Gasteiger partial charge on any atom is 0.230 e. The second-order valence-electron chi connectivity index (χ2n) is 7.46. The topological polar surface area (TPSA) is 55.8 Å². The Morgan fingerprint density at radius 2 is 1.84 bits per heavy atom. The lowest BCUT2D eigenvalue weighted by Gasteiger charge is -2.40. The van der Waals surface area contributed by atoms with Gasteiger partial charge >= 0.3 is 0 Å². The number of amides is 1. The first-order valence-electron chi connectivity index (χ1n) is 9.06. The van der Waals surface area contributed by atoms with Gasteiger partial charge in [0.05, 0.1) is 25.7 Å². The minimum atomic E-state index is -0.318. The smallest absolute Gasteiger partial charge is 0.230 e. The number of hydrogen-bond donors (Lipinski definition) is 0. The van der Waals surface area contributed by atoms with E-state index in [-0.39, 0.29) is 29.1 Å². The Balaban J connectivity index is 1.68. The van der Waals surface area contributed by atoms with Crippen LogP contribution in [0.3, 0.4) is 0 Å². The van der Waals surface area contributed by atoms with Crippen molar-refractivity contribution < 1.29 is 19.1 Å². The van der Waals surface area contributed by atoms with Gasteiger partial charge in [0.1, 0.15) is 5.60 Å². The van der Waals surface area contributed by atoms with Crippen molar-refractivity contribution in [3.63, 3.8) is 0 Å². The summed E-state index contributed by atoms with van der Waals surface area (Å²) in [7, 11) is 0. The van der Waals surface area contributed by atoms with Gasteiger partial charge in [-0.05, 0) is 12.5 Å². The normalized spacial score (nSPS) is 24.7. The standard InChI is InChI=1S/C20H27NO4/c1-14(2)18(22)17-6-4-16(5-7-17)15(3)19(23)21-9-11-25-20(12-21)8-10-24-13-20/h4-7,14-15H,8-13H2,1-3H3/t15-,20+/m1/s1. The van der Waals surface area contributed by atoms with Gasteiger partial charge in [-0.2, -0.15) is 0 Å². The minimum Gasteiger partial charge on any atom is -0.378 e. The summed E-state index contributed by atoms with van der Waals surface area (Å²) in [6, 6.07) is 7.44. The molecule has 1 spiro atoms. The van der Waals surface area contributed by atoms with Crippen LogP contribution in [-0.4, -0.2) is 55.1 Å². The van der Waals surface area contributed by atoms with Crippen LogP contribution in [0.2, 0.25) is 0 Å². The van der Waals surface area contributed by atoms with E-state index in [1.54, 1.807) is 0 Å². The van der Waals surface area contributed by atoms with E-state index in [0.29, 0.717) is 38.5 Å². The highest BCUT2D eigenvalue weighted by Crippen LogP contribution is 2.29. The van der Waals surface area contributed by atoms with E-state index in [9.17, 15) is 9.59 Å². The predicted octanol–water partition coefficient (Wildman–Crippen LogP) is 2.65. The third kappa shape index (κ3) is 3.77. The van der Waals surface area contributed by atoms with Crippen LogP contribution in [0, 0.1) is 5.92 Å². The number of carbonyl (C=O) groups is 2. The molecule has 0 aliphatic carbocycles. The first kappa shape index (κ1) is 18.1. The number of rotatable bonds is 4. The molecule has 0 saturated carbocycles. The van der Waals surface area contributed by atoms with Crippen molar-refractivity contribution in [1.82, 2.24) is 4.90 Å². The van der Waals surface area contributed by atoms with Gasteiger partial charge in [0.15, 0.2) is 5.78 Å². The lowest BCUT2D eigenvalue weighted by atomic mass is 9.94. The third-order valence-corrected chi connectivity index (χ3v) is 5.22. The van der Waals surface area contributed by atoms with Crippen molar-refractivity contribution in [2.45, 2.75) is 38.7 Å². The average Bonchev–Trinajstić information content (AvgIpc) is 3.07. The molecule has 2 aliphatic heterocycles. The molecule has 3 rings (SSSR count). The van der Waals surface area contributed by atoms with Crippen molar-refractivity contribution >= 4 is 11.7 Å². The highest BCUT2D eigenvalue weighted by Gasteiger charge is 2.42. The quantitative estimate of drug-likeness (QED) is 0.787. The molecule has 2 fully saturated rings. The van der Waals surface area contributed by atoms with Gasteiger partial charge in [0, 0.05) is 31.1 Å². The van der Waals surface area contributed by atoms with Crippen LogP contribution in [0.4, 0.5) is 0 Å². The minimum absolute atomic E-state index is 0.0249. The van der Waals surface area contributed by atoms with Gasteiger partial charge in [-0.1, -0.05) is 38.1 Å². The fourth-order valence-corrected chi connectivity index (χ4v) is 3.55. The number of carbonyl (C=O) groups excluding carboxylic acids is 2. The molecule has 0 unspecified atom stereocenters. The Kier molecular flexibility index (Phi) is 5.25. The molecule has 0 N–H and O–H groups in total. The van der Waals surface area contributed by atoms with Crippen LogP contribution >= 0.6 is 0 Å². The lowest BCUT2D eigenvalue weighted by molar-refractivity contribution is -0.151. The largest absolute Gasteiger partial charge is 0.378 e. The number of Topliss-reactive ketones (excluding diaryl/α,β-unsaturated/α-hetero) is 1. The summed E-state index contributed by atoms with van der Waals surface area (Å²) < 4.78 is 11.4. The predicted molar refractivity (Wildman–Crippen MR) is 94.7 cm³/mol. The van der Waals surface area contributed by atoms with Crippen LogP contribution in [-0.2, 0) is 14.3 Å². The van der Waals surface area contributed by atoms with E-state index >= 15 is 0 Å². The molecule has 0 bridgehead atoms. The molecule has 5 nitrogen and oxygen atoms in total. The van der Waals surface area contributed by atoms with Gasteiger partial charge < -0.3 is 14.4 Å². The van der Waals surface area contributed by atoms with Crippen LogP contribution in [0.1, 0.15) is 49.0 Å². The van der Waals surface area contributed by atoms with Crippen LogP contribution in [0.25, 0.3) is 0 Å². The molecule has 1 aromatic carbocycles. The van der Waals surface area contributed by atoms with E-state index in [4.69, 9.17) is 9.47 Å². The van der Waals surface area contributed by atoms with Crippen molar-refractivity contribution in [3.05, 3.63) is 35.4 Å². The van der Waals surface area contributed by atoms with Gasteiger partial charge in [-0.3, -0.25) is 9.59 Å². The van der Waals surface area contributed by atoms with E-state index < -0.39 is 0 Å². The van der Waals surface area contributed by atoms with Crippen LogP contribution in [0.5, 0.6) is 0 Å². The number of benzene rings is 1. The zero-order valence-corrected chi connectivity index (χ0v) is 15.3. The van der Waals surface area contributed by atoms with Crippen LogP contribution < -0.4 is 0 Å². The summed E-state index contributed by atoms with van der Waals surface area (Å²) >= 11 is 0. The third-order valence-electron chi connectivity index (χ3n) is 5.22. The summed E-state index contributed by atoms with van der Waals surface area (Å²) in [6.45, 7) is 8.75. The van der Waals surface area contributed by atoms with Crippen molar-refractivity contribution in [1.29, 1.82) is 0 Å². The summed E-state index contributed by atoms with van der Waals surface area (Å²) in [5.74, 6) is -0.0249. The lowest BCUT2D eigenvalue weighted by Crippen LogP contribution is -2.54. The highest BCUT2D eigenvalue weighted by atomic mass is 16.6. The SMILES string of the molecule is CC(C)C(=O)c1ccc([C@@H](C)C(=O)N2CCO[C@@]3(CCOC3)C2)cc1. The van der Waals surface area contributed by atoms with Gasteiger partial charge in [-0.25, -0.2) is 0 Å². The first-order valence-corrected chi connectivity index (χ1v) is 9.06. The fourth-order valence-electron chi connectivity index (χ4n) is 3.55. The molecule has 2 atom stereocenters. The molecule has 5 heteroatoms. The van der Waals surface area contributed by atoms with Crippen LogP contribution in [0.15, 0.2) is 24.3 Å². The maximum atomic E-state index is 12.9. The maximum absolute atomic E-state index is 12.9. The molecule has 2 saturated heterocycles. The monoisotopic (exact) mass is 345 g/mol. The number of hydrogen-bond acceptors (Lipinski definition) is 4. The Bertz CT molecular complexity index is 632. The Morgan fingerprint density at radius 3 is 2.44 bits per heavy atom. The molecular weight excluding hydrogens is 318 g/mol. The van der Waals surface area contributed by atoms with Gasteiger partial charge in [0.2, 0.25) is 5.91 Å². The summed E-state index contributed by atoms with van der Waals surface area (Å²) in [6.07, 6.45) is 0.844. The molecule has 136 valence electrons. The molecule has 0 radical (unpaired) electrons. The second kappa shape index (κ2) is 7.26. The van der Waals surface area contributed by atoms with Crippen molar-refractivity contribution in [3.8, 4) is 0 Å². The molecule has 1 aromatic rings. The number of nitrogens with zero attached hydrogens (tertiary/aromatic N) is 1. The number of ether oxygens (including phenoxy) is 2. The molecule has 25 heavy (non-hydrogen) atoms. The fraction of sp³-hybridized carbons (Fsp3) is 0.600. The summed E-state index contributed by atoms with van der Waals surface area (Å²) in [4.78, 5) is 26.9. The second-order valence-corrected chi connectivity index (χ2v) is 7.46. The molecule has 1 amide bonds. The van der Waals surface area contributed by atoms with Crippen molar-refractivity contribution in [2.75, 3.05) is 32.9 Å². The highest BCUT2D eigenvalue weighted by molar-refractivity contribution is 5.97. The molecule has 0 aromatic heterocycles. The Morgan fingerprint density at radius 1 is 1.12 bits per heavy atom. The average molecular weight is 345 g/mol. The van der Waals surface area contributed by atoms with E-state index in [2.05, 4.69) is 0 Å². The number of morpholine rings is 1. The summed E-state index contributed by atoms with van der Waals surface area (Å²) in [5.41, 5.74) is 1.32. The zero-order valence-electron chi connectivity index (χ0n) is 15.3. The van der Waals surface area contributed by atoms with Gasteiger partial charge in [0.25, 0.3) is 0 Å². The van der Waals surface area contributed by atoms with Gasteiger partial charge in [-0.15, -0.1) is 0 Å².